The van der Waals surface area contributed by atoms with Gasteiger partial charge in [-0.2, -0.15) is 0 Å². The van der Waals surface area contributed by atoms with E-state index in [0.717, 1.165) is 37.7 Å². The molecule has 1 atom stereocenters. The van der Waals surface area contributed by atoms with Crippen molar-refractivity contribution in [2.45, 2.75) is 38.1 Å². The second-order valence-electron chi connectivity index (χ2n) is 4.32. The van der Waals surface area contributed by atoms with Crippen molar-refractivity contribution in [3.8, 4) is 0 Å². The summed E-state index contributed by atoms with van der Waals surface area (Å²) < 4.78 is 13.9. The molecule has 4 heteroatoms. The zero-order valence-corrected chi connectivity index (χ0v) is 12.0. The number of hydrogen-bond donors (Lipinski definition) is 2. The molecular weight excluding hydrogens is 295 g/mol. The Bertz CT molecular complexity index is 382. The highest BCUT2D eigenvalue weighted by atomic mass is 79.9. The Kier molecular flexibility index (Phi) is 7.16. The van der Waals surface area contributed by atoms with Crippen LogP contribution in [0, 0.1) is 5.82 Å². The number of halogens is 2. The van der Waals surface area contributed by atoms with E-state index in [2.05, 4.69) is 27.9 Å². The zero-order chi connectivity index (χ0) is 13.4. The lowest BCUT2D eigenvalue weighted by atomic mass is 10.0. The number of nitrogens with one attached hydrogen (secondary N) is 1. The quantitative estimate of drug-likeness (QED) is 0.326. The van der Waals surface area contributed by atoms with E-state index in [1.54, 1.807) is 6.07 Å². The van der Waals surface area contributed by atoms with E-state index < -0.39 is 0 Å². The lowest BCUT2D eigenvalue weighted by Gasteiger charge is -2.16. The zero-order valence-electron chi connectivity index (χ0n) is 10.5. The van der Waals surface area contributed by atoms with Gasteiger partial charge in [0.25, 0.3) is 0 Å². The first kappa shape index (κ1) is 15.3. The number of rotatable bonds is 8. The highest BCUT2D eigenvalue weighted by Gasteiger charge is 2.11. The second kappa shape index (κ2) is 8.40. The van der Waals surface area contributed by atoms with Gasteiger partial charge in [-0.25, -0.2) is 4.39 Å². The third kappa shape index (κ3) is 4.88. The van der Waals surface area contributed by atoms with Crippen LogP contribution < -0.4 is 11.3 Å². The molecule has 1 unspecified atom stereocenters. The summed E-state index contributed by atoms with van der Waals surface area (Å²) >= 11 is 3.15. The maximum Gasteiger partial charge on any atom is 0.137 e. The van der Waals surface area contributed by atoms with Crippen LogP contribution >= 0.6 is 15.9 Å². The van der Waals surface area contributed by atoms with Gasteiger partial charge in [0.15, 0.2) is 0 Å². The lowest BCUT2D eigenvalue weighted by Crippen LogP contribution is -2.28. The van der Waals surface area contributed by atoms with Gasteiger partial charge in [-0.05, 0) is 52.9 Å². The standard InChI is InChI=1S/C14H20BrFN2/c1-2-3-4-5-6-7-14(18-17)11-8-9-12(15)13(16)10-11/h2,8-10,14,18H,1,3-7,17H2. The summed E-state index contributed by atoms with van der Waals surface area (Å²) in [6.07, 6.45) is 7.25. The smallest absolute Gasteiger partial charge is 0.137 e. The molecule has 0 radical (unpaired) electrons. The molecule has 0 aliphatic rings. The number of hydrogen-bond acceptors (Lipinski definition) is 2. The Hall–Kier alpha value is -0.710. The molecule has 0 amide bonds. The van der Waals surface area contributed by atoms with Gasteiger partial charge in [-0.3, -0.25) is 11.3 Å². The number of benzene rings is 1. The van der Waals surface area contributed by atoms with Crippen LogP contribution in [-0.4, -0.2) is 0 Å². The van der Waals surface area contributed by atoms with Gasteiger partial charge < -0.3 is 0 Å². The SMILES string of the molecule is C=CCCCCCC(NN)c1ccc(Br)c(F)c1. The normalized spacial score (nSPS) is 12.4. The molecule has 1 aromatic rings. The van der Waals surface area contributed by atoms with Crippen molar-refractivity contribution in [2.75, 3.05) is 0 Å². The molecule has 1 aromatic carbocycles. The van der Waals surface area contributed by atoms with E-state index in [4.69, 9.17) is 5.84 Å². The van der Waals surface area contributed by atoms with E-state index >= 15 is 0 Å². The number of unbranched alkanes of at least 4 members (excludes halogenated alkanes) is 3. The number of allylic oxidation sites excluding steroid dienone is 1. The summed E-state index contributed by atoms with van der Waals surface area (Å²) in [7, 11) is 0. The van der Waals surface area contributed by atoms with Gasteiger partial charge in [0, 0.05) is 6.04 Å². The largest absolute Gasteiger partial charge is 0.271 e. The molecule has 0 saturated carbocycles. The summed E-state index contributed by atoms with van der Waals surface area (Å²) in [6, 6.07) is 5.14. The molecule has 2 nitrogen and oxygen atoms in total. The maximum atomic E-state index is 13.4. The van der Waals surface area contributed by atoms with E-state index in [0.29, 0.717) is 4.47 Å². The van der Waals surface area contributed by atoms with Crippen LogP contribution in [0.3, 0.4) is 0 Å². The number of hydrazine groups is 1. The average Bonchev–Trinajstić information content (AvgIpc) is 2.37. The van der Waals surface area contributed by atoms with Crippen molar-refractivity contribution in [3.63, 3.8) is 0 Å². The van der Waals surface area contributed by atoms with Crippen LogP contribution in [0.2, 0.25) is 0 Å². The Morgan fingerprint density at radius 2 is 2.17 bits per heavy atom. The first-order chi connectivity index (χ1) is 8.69. The number of nitrogens with two attached hydrogens (primary N) is 1. The minimum Gasteiger partial charge on any atom is -0.271 e. The molecule has 0 aromatic heterocycles. The molecule has 1 rings (SSSR count). The molecule has 0 aliphatic carbocycles. The van der Waals surface area contributed by atoms with Crippen LogP contribution in [0.25, 0.3) is 0 Å². The second-order valence-corrected chi connectivity index (χ2v) is 5.17. The summed E-state index contributed by atoms with van der Waals surface area (Å²) in [6.45, 7) is 3.70. The summed E-state index contributed by atoms with van der Waals surface area (Å²) in [5, 5.41) is 0. The van der Waals surface area contributed by atoms with Gasteiger partial charge >= 0.3 is 0 Å². The minimum atomic E-state index is -0.251. The molecule has 0 saturated heterocycles. The average molecular weight is 315 g/mol. The highest BCUT2D eigenvalue weighted by molar-refractivity contribution is 9.10. The maximum absolute atomic E-state index is 13.4. The fourth-order valence-electron chi connectivity index (χ4n) is 1.89. The van der Waals surface area contributed by atoms with Crippen molar-refractivity contribution in [2.24, 2.45) is 5.84 Å². The van der Waals surface area contributed by atoms with E-state index in [9.17, 15) is 4.39 Å². The molecule has 0 fully saturated rings. The van der Waals surface area contributed by atoms with Crippen LogP contribution in [0.15, 0.2) is 35.3 Å². The van der Waals surface area contributed by atoms with E-state index in [1.807, 2.05) is 12.1 Å². The highest BCUT2D eigenvalue weighted by Crippen LogP contribution is 2.23. The molecule has 3 N–H and O–H groups in total. The molecule has 0 heterocycles. The predicted octanol–water partition coefficient (Wildman–Crippen LogP) is 4.23. The van der Waals surface area contributed by atoms with Crippen LogP contribution in [0.5, 0.6) is 0 Å². The third-order valence-corrected chi connectivity index (χ3v) is 3.59. The predicted molar refractivity (Wildman–Crippen MR) is 77.4 cm³/mol. The van der Waals surface area contributed by atoms with Gasteiger partial charge in [0.2, 0.25) is 0 Å². The van der Waals surface area contributed by atoms with Crippen LogP contribution in [0.1, 0.15) is 43.7 Å². The molecule has 0 bridgehead atoms. The monoisotopic (exact) mass is 314 g/mol. The Morgan fingerprint density at radius 3 is 2.78 bits per heavy atom. The van der Waals surface area contributed by atoms with Gasteiger partial charge in [0.1, 0.15) is 5.82 Å². The van der Waals surface area contributed by atoms with Crippen LogP contribution in [0.4, 0.5) is 4.39 Å². The summed E-state index contributed by atoms with van der Waals surface area (Å²) in [4.78, 5) is 0. The molecule has 0 spiro atoms. The van der Waals surface area contributed by atoms with Crippen molar-refractivity contribution < 1.29 is 4.39 Å². The minimum absolute atomic E-state index is 0.0105. The Morgan fingerprint density at radius 1 is 1.39 bits per heavy atom. The fraction of sp³-hybridized carbons (Fsp3) is 0.429. The molecule has 100 valence electrons. The fourth-order valence-corrected chi connectivity index (χ4v) is 2.14. The van der Waals surface area contributed by atoms with E-state index in [1.165, 1.54) is 6.07 Å². The molecule has 18 heavy (non-hydrogen) atoms. The van der Waals surface area contributed by atoms with Gasteiger partial charge in [-0.15, -0.1) is 6.58 Å². The Labute approximate surface area is 117 Å². The third-order valence-electron chi connectivity index (χ3n) is 2.95. The summed E-state index contributed by atoms with van der Waals surface area (Å²) in [5.41, 5.74) is 3.64. The first-order valence-electron chi connectivity index (χ1n) is 6.21. The van der Waals surface area contributed by atoms with Gasteiger partial charge in [-0.1, -0.05) is 25.0 Å². The van der Waals surface area contributed by atoms with E-state index in [-0.39, 0.29) is 11.9 Å². The van der Waals surface area contributed by atoms with Crippen molar-refractivity contribution in [1.82, 2.24) is 5.43 Å². The lowest BCUT2D eigenvalue weighted by molar-refractivity contribution is 0.481. The Balaban J connectivity index is 2.49. The first-order valence-corrected chi connectivity index (χ1v) is 7.00. The molecular formula is C14H20BrFN2. The topological polar surface area (TPSA) is 38.0 Å². The summed E-state index contributed by atoms with van der Waals surface area (Å²) in [5.74, 6) is 5.28. The van der Waals surface area contributed by atoms with Crippen molar-refractivity contribution in [1.29, 1.82) is 0 Å². The van der Waals surface area contributed by atoms with Crippen LogP contribution in [-0.2, 0) is 0 Å². The van der Waals surface area contributed by atoms with Gasteiger partial charge in [0.05, 0.1) is 4.47 Å². The molecule has 0 aliphatic heterocycles. The van der Waals surface area contributed by atoms with Crippen molar-refractivity contribution >= 4 is 15.9 Å². The van der Waals surface area contributed by atoms with Crippen molar-refractivity contribution in [3.05, 3.63) is 46.7 Å².